The molecule has 11 nitrogen and oxygen atoms in total. The van der Waals surface area contributed by atoms with E-state index in [9.17, 15) is 28.7 Å². The van der Waals surface area contributed by atoms with E-state index in [2.05, 4.69) is 10.3 Å². The van der Waals surface area contributed by atoms with Crippen LogP contribution in [0.5, 0.6) is 5.75 Å². The van der Waals surface area contributed by atoms with Gasteiger partial charge in [0.05, 0.1) is 18.7 Å². The van der Waals surface area contributed by atoms with Crippen LogP contribution in [0.3, 0.4) is 0 Å². The van der Waals surface area contributed by atoms with Crippen LogP contribution in [0, 0.1) is 12.7 Å². The van der Waals surface area contributed by atoms with E-state index in [0.717, 1.165) is 0 Å². The molecular weight excluding hydrogens is 523 g/mol. The van der Waals surface area contributed by atoms with Crippen LogP contribution in [0.25, 0.3) is 10.9 Å². The Balaban J connectivity index is 1.52. The molecule has 12 heteroatoms. The van der Waals surface area contributed by atoms with Crippen LogP contribution in [-0.4, -0.2) is 83.1 Å². The highest BCUT2D eigenvalue weighted by molar-refractivity contribution is 5.98. The number of carboxylic acid groups (broad SMARTS) is 1. The van der Waals surface area contributed by atoms with Crippen molar-refractivity contribution in [3.8, 4) is 5.75 Å². The number of rotatable bonds is 8. The number of hydrogen-bond donors (Lipinski definition) is 2. The molecule has 0 spiro atoms. The van der Waals surface area contributed by atoms with Gasteiger partial charge in [0, 0.05) is 43.2 Å². The first-order valence-electron chi connectivity index (χ1n) is 12.7. The van der Waals surface area contributed by atoms with Crippen LogP contribution >= 0.6 is 0 Å². The monoisotopic (exact) mass is 552 g/mol. The minimum Gasteiger partial charge on any atom is -0.478 e. The molecule has 3 amide bonds. The molecule has 1 fully saturated rings. The summed E-state index contributed by atoms with van der Waals surface area (Å²) in [7, 11) is 0. The Kier molecular flexibility index (Phi) is 8.77. The van der Waals surface area contributed by atoms with Crippen LogP contribution in [0.15, 0.2) is 48.5 Å². The summed E-state index contributed by atoms with van der Waals surface area (Å²) in [6.45, 7) is 4.40. The minimum absolute atomic E-state index is 0.0493. The molecule has 3 aromatic rings. The predicted molar refractivity (Wildman–Crippen MR) is 141 cm³/mol. The lowest BCUT2D eigenvalue weighted by molar-refractivity contribution is -0.145. The zero-order chi connectivity index (χ0) is 28.8. The van der Waals surface area contributed by atoms with Crippen molar-refractivity contribution in [2.45, 2.75) is 20.0 Å². The highest BCUT2D eigenvalue weighted by Crippen LogP contribution is 2.32. The van der Waals surface area contributed by atoms with Gasteiger partial charge in [0.15, 0.2) is 0 Å². The van der Waals surface area contributed by atoms with Crippen molar-refractivity contribution >= 4 is 34.8 Å². The molecule has 2 heterocycles. The molecule has 0 bridgehead atoms. The Morgan fingerprint density at radius 2 is 1.73 bits per heavy atom. The molecule has 40 heavy (non-hydrogen) atoms. The number of hydrogen-bond acceptors (Lipinski definition) is 7. The highest BCUT2D eigenvalue weighted by Gasteiger charge is 2.27. The number of carbonyl (C=O) groups is 4. The van der Waals surface area contributed by atoms with Gasteiger partial charge in [-0.05, 0) is 31.5 Å². The molecule has 0 radical (unpaired) electrons. The summed E-state index contributed by atoms with van der Waals surface area (Å²) < 4.78 is 25.3. The molecule has 210 valence electrons. The van der Waals surface area contributed by atoms with Crippen molar-refractivity contribution in [2.24, 2.45) is 0 Å². The summed E-state index contributed by atoms with van der Waals surface area (Å²) in [5.74, 6) is -2.91. The number of nitrogens with zero attached hydrogens (tertiary/aromatic N) is 3. The number of carbonyl (C=O) groups excluding carboxylic acids is 3. The second-order valence-corrected chi connectivity index (χ2v) is 9.12. The first kappa shape index (κ1) is 28.3. The number of halogens is 1. The van der Waals surface area contributed by atoms with E-state index in [-0.39, 0.29) is 47.0 Å². The Labute approximate surface area is 229 Å². The molecule has 1 aromatic heterocycles. The van der Waals surface area contributed by atoms with Crippen molar-refractivity contribution in [3.63, 3.8) is 0 Å². The first-order valence-corrected chi connectivity index (χ1v) is 12.7. The lowest BCUT2D eigenvalue weighted by Gasteiger charge is -2.34. The van der Waals surface area contributed by atoms with Gasteiger partial charge in [-0.25, -0.2) is 19.0 Å². The fourth-order valence-electron chi connectivity index (χ4n) is 4.26. The zero-order valence-corrected chi connectivity index (χ0v) is 22.1. The SMILES string of the molecule is CCOC(=O)N1CCN(C(=O)CNC(=O)c2cc(OC(C(=O)O)c3ccccc3)c3cc(F)c(C)cc3n2)CC1. The summed E-state index contributed by atoms with van der Waals surface area (Å²) in [4.78, 5) is 57.0. The standard InChI is InChI=1S/C28H29FN4O7/c1-3-39-28(38)33-11-9-32(10-12-33)24(34)16-30-26(35)22-15-23(19-14-20(29)17(2)13-21(19)31-22)40-25(27(36)37)18-7-5-4-6-8-18/h4-8,13-15,25H,3,9-12,16H2,1-2H3,(H,30,35)(H,36,37). The highest BCUT2D eigenvalue weighted by atomic mass is 19.1. The quantitative estimate of drug-likeness (QED) is 0.435. The fraction of sp³-hybridized carbons (Fsp3) is 0.321. The van der Waals surface area contributed by atoms with Gasteiger partial charge < -0.3 is 29.7 Å². The minimum atomic E-state index is -1.43. The third-order valence-corrected chi connectivity index (χ3v) is 6.41. The topological polar surface area (TPSA) is 138 Å². The van der Waals surface area contributed by atoms with Gasteiger partial charge >= 0.3 is 12.1 Å². The van der Waals surface area contributed by atoms with E-state index in [1.54, 1.807) is 37.3 Å². The Bertz CT molecular complexity index is 1430. The van der Waals surface area contributed by atoms with E-state index in [0.29, 0.717) is 31.7 Å². The van der Waals surface area contributed by atoms with E-state index < -0.39 is 29.9 Å². The molecule has 4 rings (SSSR count). The molecular formula is C28H29FN4O7. The zero-order valence-electron chi connectivity index (χ0n) is 22.1. The average Bonchev–Trinajstić information content (AvgIpc) is 2.95. The lowest BCUT2D eigenvalue weighted by atomic mass is 10.1. The number of fused-ring (bicyclic) bond motifs is 1. The number of benzene rings is 2. The normalized spacial score (nSPS) is 14.0. The summed E-state index contributed by atoms with van der Waals surface area (Å²) in [5, 5.41) is 12.5. The molecule has 1 aliphatic heterocycles. The number of aryl methyl sites for hydroxylation is 1. The van der Waals surface area contributed by atoms with Crippen molar-refractivity contribution in [2.75, 3.05) is 39.3 Å². The van der Waals surface area contributed by atoms with Crippen LogP contribution in [-0.2, 0) is 14.3 Å². The van der Waals surface area contributed by atoms with Crippen molar-refractivity contribution in [3.05, 3.63) is 71.2 Å². The van der Waals surface area contributed by atoms with Crippen LogP contribution in [0.4, 0.5) is 9.18 Å². The van der Waals surface area contributed by atoms with E-state index in [1.165, 1.54) is 34.9 Å². The number of aromatic nitrogens is 1. The van der Waals surface area contributed by atoms with Gasteiger partial charge in [-0.1, -0.05) is 30.3 Å². The van der Waals surface area contributed by atoms with Crippen LogP contribution < -0.4 is 10.1 Å². The molecule has 1 aliphatic rings. The number of pyridine rings is 1. The van der Waals surface area contributed by atoms with Crippen LogP contribution in [0.1, 0.15) is 34.6 Å². The summed E-state index contributed by atoms with van der Waals surface area (Å²) >= 11 is 0. The second-order valence-electron chi connectivity index (χ2n) is 9.12. The van der Waals surface area contributed by atoms with Gasteiger partial charge in [0.1, 0.15) is 17.3 Å². The van der Waals surface area contributed by atoms with Gasteiger partial charge in [-0.3, -0.25) is 9.59 Å². The Morgan fingerprint density at radius 3 is 2.38 bits per heavy atom. The number of aliphatic carboxylic acids is 1. The second kappa shape index (κ2) is 12.4. The van der Waals surface area contributed by atoms with Gasteiger partial charge in [-0.2, -0.15) is 0 Å². The largest absolute Gasteiger partial charge is 0.478 e. The maximum atomic E-state index is 14.5. The molecule has 0 aliphatic carbocycles. The average molecular weight is 553 g/mol. The van der Waals surface area contributed by atoms with Crippen molar-refractivity contribution < 1.29 is 38.1 Å². The van der Waals surface area contributed by atoms with Crippen molar-refractivity contribution in [1.29, 1.82) is 0 Å². The Hall–Kier alpha value is -4.74. The third kappa shape index (κ3) is 6.45. The predicted octanol–water partition coefficient (Wildman–Crippen LogP) is 2.92. The van der Waals surface area contributed by atoms with E-state index in [1.807, 2.05) is 0 Å². The van der Waals surface area contributed by atoms with E-state index >= 15 is 0 Å². The lowest BCUT2D eigenvalue weighted by Crippen LogP contribution is -2.52. The summed E-state index contributed by atoms with van der Waals surface area (Å²) in [5.41, 5.74) is 0.719. The van der Waals surface area contributed by atoms with Gasteiger partial charge in [0.2, 0.25) is 12.0 Å². The van der Waals surface area contributed by atoms with Gasteiger partial charge in [-0.15, -0.1) is 0 Å². The number of amides is 3. The van der Waals surface area contributed by atoms with Crippen molar-refractivity contribution in [1.82, 2.24) is 20.1 Å². The summed E-state index contributed by atoms with van der Waals surface area (Å²) in [6.07, 6.45) is -1.86. The number of piperazine rings is 1. The molecule has 1 atom stereocenters. The number of carboxylic acids is 1. The number of ether oxygens (including phenoxy) is 2. The molecule has 1 saturated heterocycles. The third-order valence-electron chi connectivity index (χ3n) is 6.41. The molecule has 1 unspecified atom stereocenters. The maximum Gasteiger partial charge on any atom is 0.409 e. The summed E-state index contributed by atoms with van der Waals surface area (Å²) in [6, 6.07) is 12.1. The fourth-order valence-corrected chi connectivity index (χ4v) is 4.26. The molecule has 0 saturated carbocycles. The molecule has 2 aromatic carbocycles. The smallest absolute Gasteiger partial charge is 0.409 e. The molecule has 2 N–H and O–H groups in total. The Morgan fingerprint density at radius 1 is 1.05 bits per heavy atom. The van der Waals surface area contributed by atoms with E-state index in [4.69, 9.17) is 9.47 Å². The maximum absolute atomic E-state index is 14.5. The number of nitrogens with one attached hydrogen (secondary N) is 1. The van der Waals surface area contributed by atoms with Gasteiger partial charge in [0.25, 0.3) is 5.91 Å². The first-order chi connectivity index (χ1) is 19.2. The van der Waals surface area contributed by atoms with Crippen LogP contribution in [0.2, 0.25) is 0 Å².